The molecule has 0 atom stereocenters. The Balaban J connectivity index is 2.50. The highest BCUT2D eigenvalue weighted by Gasteiger charge is 2.17. The highest BCUT2D eigenvalue weighted by molar-refractivity contribution is 7.99. The lowest BCUT2D eigenvalue weighted by Gasteiger charge is -2.28. The fraction of sp³-hybridized carbons (Fsp3) is 0.400. The Morgan fingerprint density at radius 3 is 3.08 bits per heavy atom. The average Bonchev–Trinajstić information content (AvgIpc) is 2.17. The molecular formula is C10H13NOS. The van der Waals surface area contributed by atoms with Crippen molar-refractivity contribution in [2.75, 3.05) is 31.4 Å². The van der Waals surface area contributed by atoms with Gasteiger partial charge in [-0.15, -0.1) is 11.8 Å². The maximum absolute atomic E-state index is 5.33. The minimum atomic E-state index is 0.979. The van der Waals surface area contributed by atoms with Crippen molar-refractivity contribution < 1.29 is 4.74 Å². The van der Waals surface area contributed by atoms with Crippen LogP contribution in [0.1, 0.15) is 0 Å². The van der Waals surface area contributed by atoms with Crippen LogP contribution >= 0.6 is 11.8 Å². The van der Waals surface area contributed by atoms with Gasteiger partial charge in [0.15, 0.2) is 0 Å². The SMILES string of the molecule is COc1cccc2c1N(C)CCS2. The van der Waals surface area contributed by atoms with E-state index in [1.165, 1.54) is 10.6 Å². The van der Waals surface area contributed by atoms with Gasteiger partial charge in [-0.3, -0.25) is 0 Å². The number of fused-ring (bicyclic) bond motifs is 1. The van der Waals surface area contributed by atoms with E-state index in [1.54, 1.807) is 7.11 Å². The zero-order chi connectivity index (χ0) is 9.26. The Hall–Kier alpha value is -0.830. The summed E-state index contributed by atoms with van der Waals surface area (Å²) in [6, 6.07) is 6.21. The molecule has 0 amide bonds. The fourth-order valence-corrected chi connectivity index (χ4v) is 2.72. The first-order valence-electron chi connectivity index (χ1n) is 4.34. The van der Waals surface area contributed by atoms with Gasteiger partial charge in [-0.2, -0.15) is 0 Å². The molecule has 0 unspecified atom stereocenters. The van der Waals surface area contributed by atoms with Gasteiger partial charge in [0, 0.05) is 24.2 Å². The molecule has 3 heteroatoms. The van der Waals surface area contributed by atoms with Gasteiger partial charge in [-0.1, -0.05) is 6.07 Å². The predicted octanol–water partition coefficient (Wildman–Crippen LogP) is 2.24. The van der Waals surface area contributed by atoms with Gasteiger partial charge in [0.05, 0.1) is 12.8 Å². The van der Waals surface area contributed by atoms with Crippen LogP contribution in [0.3, 0.4) is 0 Å². The summed E-state index contributed by atoms with van der Waals surface area (Å²) in [5.74, 6) is 2.14. The molecule has 0 aliphatic carbocycles. The molecular weight excluding hydrogens is 182 g/mol. The van der Waals surface area contributed by atoms with Gasteiger partial charge >= 0.3 is 0 Å². The molecule has 0 saturated carbocycles. The van der Waals surface area contributed by atoms with E-state index in [-0.39, 0.29) is 0 Å². The van der Waals surface area contributed by atoms with Crippen molar-refractivity contribution in [3.05, 3.63) is 18.2 Å². The molecule has 0 spiro atoms. The molecule has 2 rings (SSSR count). The molecule has 0 N–H and O–H groups in total. The maximum atomic E-state index is 5.33. The molecule has 1 aliphatic rings. The number of rotatable bonds is 1. The third-order valence-corrected chi connectivity index (χ3v) is 3.28. The third-order valence-electron chi connectivity index (χ3n) is 2.25. The number of methoxy groups -OCH3 is 1. The van der Waals surface area contributed by atoms with Crippen LogP contribution in [0.15, 0.2) is 23.1 Å². The topological polar surface area (TPSA) is 12.5 Å². The lowest BCUT2D eigenvalue weighted by molar-refractivity contribution is 0.414. The molecule has 1 aliphatic heterocycles. The van der Waals surface area contributed by atoms with E-state index < -0.39 is 0 Å². The van der Waals surface area contributed by atoms with Gasteiger partial charge in [0.2, 0.25) is 0 Å². The lowest BCUT2D eigenvalue weighted by atomic mass is 10.2. The van der Waals surface area contributed by atoms with Crippen molar-refractivity contribution in [2.24, 2.45) is 0 Å². The van der Waals surface area contributed by atoms with Crippen LogP contribution in [0, 0.1) is 0 Å². The molecule has 0 aromatic heterocycles. The molecule has 0 saturated heterocycles. The Morgan fingerprint density at radius 2 is 2.31 bits per heavy atom. The molecule has 0 fully saturated rings. The van der Waals surface area contributed by atoms with Gasteiger partial charge < -0.3 is 9.64 Å². The fourth-order valence-electron chi connectivity index (χ4n) is 1.56. The van der Waals surface area contributed by atoms with E-state index in [0.717, 1.165) is 18.0 Å². The zero-order valence-electron chi connectivity index (χ0n) is 7.91. The summed E-state index contributed by atoms with van der Waals surface area (Å²) in [6.45, 7) is 1.10. The smallest absolute Gasteiger partial charge is 0.143 e. The van der Waals surface area contributed by atoms with Gasteiger partial charge in [-0.05, 0) is 12.1 Å². The summed E-state index contributed by atoms with van der Waals surface area (Å²) in [5, 5.41) is 0. The second-order valence-electron chi connectivity index (χ2n) is 3.08. The third kappa shape index (κ3) is 1.48. The second-order valence-corrected chi connectivity index (χ2v) is 4.21. The molecule has 1 aromatic rings. The summed E-state index contributed by atoms with van der Waals surface area (Å²) in [5.41, 5.74) is 1.24. The van der Waals surface area contributed by atoms with Crippen LogP contribution in [0.4, 0.5) is 5.69 Å². The monoisotopic (exact) mass is 195 g/mol. The van der Waals surface area contributed by atoms with Crippen LogP contribution in [0.25, 0.3) is 0 Å². The Kier molecular flexibility index (Phi) is 2.36. The zero-order valence-corrected chi connectivity index (χ0v) is 8.73. The molecule has 70 valence electrons. The van der Waals surface area contributed by atoms with E-state index in [1.807, 2.05) is 23.9 Å². The molecule has 1 aromatic carbocycles. The minimum Gasteiger partial charge on any atom is -0.495 e. The molecule has 0 radical (unpaired) electrons. The molecule has 0 bridgehead atoms. The molecule has 2 nitrogen and oxygen atoms in total. The Morgan fingerprint density at radius 1 is 1.46 bits per heavy atom. The number of ether oxygens (including phenoxy) is 1. The quantitative estimate of drug-likeness (QED) is 0.682. The first kappa shape index (κ1) is 8.75. The van der Waals surface area contributed by atoms with E-state index in [0.29, 0.717) is 0 Å². The number of nitrogens with zero attached hydrogens (tertiary/aromatic N) is 1. The van der Waals surface area contributed by atoms with E-state index >= 15 is 0 Å². The van der Waals surface area contributed by atoms with Gasteiger partial charge in [0.1, 0.15) is 5.75 Å². The number of hydrogen-bond donors (Lipinski definition) is 0. The van der Waals surface area contributed by atoms with E-state index in [2.05, 4.69) is 18.0 Å². The first-order chi connectivity index (χ1) is 6.33. The summed E-state index contributed by atoms with van der Waals surface area (Å²) in [6.07, 6.45) is 0. The predicted molar refractivity (Wildman–Crippen MR) is 57.0 cm³/mol. The van der Waals surface area contributed by atoms with Gasteiger partial charge in [0.25, 0.3) is 0 Å². The van der Waals surface area contributed by atoms with Crippen molar-refractivity contribution in [3.8, 4) is 5.75 Å². The van der Waals surface area contributed by atoms with Crippen molar-refractivity contribution in [1.82, 2.24) is 0 Å². The Bertz CT molecular complexity index is 300. The normalized spacial score (nSPS) is 15.4. The standard InChI is InChI=1S/C10H13NOS/c1-11-6-7-13-9-5-3-4-8(12-2)10(9)11/h3-5H,6-7H2,1-2H3. The average molecular weight is 195 g/mol. The van der Waals surface area contributed by atoms with E-state index in [4.69, 9.17) is 4.74 Å². The first-order valence-corrected chi connectivity index (χ1v) is 5.32. The van der Waals surface area contributed by atoms with Gasteiger partial charge in [-0.25, -0.2) is 0 Å². The van der Waals surface area contributed by atoms with Crippen LogP contribution in [-0.2, 0) is 0 Å². The van der Waals surface area contributed by atoms with Crippen LogP contribution in [0.5, 0.6) is 5.75 Å². The highest BCUT2D eigenvalue weighted by Crippen LogP contribution is 2.40. The van der Waals surface area contributed by atoms with Crippen LogP contribution in [0.2, 0.25) is 0 Å². The number of benzene rings is 1. The maximum Gasteiger partial charge on any atom is 0.143 e. The van der Waals surface area contributed by atoms with Crippen molar-refractivity contribution in [2.45, 2.75) is 4.90 Å². The highest BCUT2D eigenvalue weighted by atomic mass is 32.2. The van der Waals surface area contributed by atoms with Crippen molar-refractivity contribution >= 4 is 17.4 Å². The molecule has 13 heavy (non-hydrogen) atoms. The summed E-state index contributed by atoms with van der Waals surface area (Å²) in [7, 11) is 3.84. The summed E-state index contributed by atoms with van der Waals surface area (Å²) in [4.78, 5) is 3.58. The van der Waals surface area contributed by atoms with Crippen molar-refractivity contribution in [1.29, 1.82) is 0 Å². The van der Waals surface area contributed by atoms with Crippen LogP contribution in [-0.4, -0.2) is 26.5 Å². The summed E-state index contributed by atoms with van der Waals surface area (Å²) < 4.78 is 5.33. The Labute approximate surface area is 82.9 Å². The molecule has 1 heterocycles. The summed E-state index contributed by atoms with van der Waals surface area (Å²) >= 11 is 1.90. The van der Waals surface area contributed by atoms with Crippen LogP contribution < -0.4 is 9.64 Å². The number of hydrogen-bond acceptors (Lipinski definition) is 3. The van der Waals surface area contributed by atoms with Crippen molar-refractivity contribution in [3.63, 3.8) is 0 Å². The lowest BCUT2D eigenvalue weighted by Crippen LogP contribution is -2.24. The van der Waals surface area contributed by atoms with E-state index in [9.17, 15) is 0 Å². The number of para-hydroxylation sites is 1. The number of anilines is 1. The minimum absolute atomic E-state index is 0.979. The number of thioether (sulfide) groups is 1. The second kappa shape index (κ2) is 3.50. The largest absolute Gasteiger partial charge is 0.495 e.